The van der Waals surface area contributed by atoms with Gasteiger partial charge in [0.15, 0.2) is 9.84 Å². The Bertz CT molecular complexity index is 1710. The van der Waals surface area contributed by atoms with Gasteiger partial charge in [0.25, 0.3) is 0 Å². The van der Waals surface area contributed by atoms with Crippen LogP contribution in [-0.4, -0.2) is 81.9 Å². The van der Waals surface area contributed by atoms with Crippen molar-refractivity contribution < 1.29 is 31.1 Å². The predicted molar refractivity (Wildman–Crippen MR) is 169 cm³/mol. The number of alkyl halides is 3. The minimum Gasteiger partial charge on any atom is -0.492 e. The molecule has 45 heavy (non-hydrogen) atoms. The van der Waals surface area contributed by atoms with Crippen LogP contribution >= 0.6 is 0 Å². The molecule has 12 heteroatoms. The van der Waals surface area contributed by atoms with Crippen molar-refractivity contribution in [2.24, 2.45) is 5.41 Å². The third kappa shape index (κ3) is 7.05. The standard InChI is InChI=1S/C33H39F3N4O4S/c1-3-44-31-17-26(45(2,41)42)13-14-29(31)37-15-5-6-25-16-27-28(7-4-8-30(27)40(25)20-33(34,35)36)38-23-9-11-24(12-10-23)39-18-32(19-39)21-43-22-32/h4,7-8,13-14,16-17,23-24,37-38H,3,9-12,15,18-22H2,1-2H3. The number of sulfone groups is 1. The van der Waals surface area contributed by atoms with Crippen molar-refractivity contribution in [3.05, 3.63) is 48.2 Å². The van der Waals surface area contributed by atoms with Crippen LogP contribution in [0.1, 0.15) is 38.3 Å². The second-order valence-electron chi connectivity index (χ2n) is 12.5. The molecule has 2 aliphatic heterocycles. The van der Waals surface area contributed by atoms with Gasteiger partial charge in [0.2, 0.25) is 0 Å². The first kappa shape index (κ1) is 31.6. The van der Waals surface area contributed by atoms with Crippen LogP contribution in [0.5, 0.6) is 5.75 Å². The number of hydrogen-bond donors (Lipinski definition) is 2. The molecule has 0 radical (unpaired) electrons. The van der Waals surface area contributed by atoms with Crippen LogP contribution in [0.4, 0.5) is 24.5 Å². The fourth-order valence-corrected chi connectivity index (χ4v) is 7.38. The Hall–Kier alpha value is -3.40. The second-order valence-corrected chi connectivity index (χ2v) is 14.6. The predicted octanol–water partition coefficient (Wildman–Crippen LogP) is 5.52. The maximum Gasteiger partial charge on any atom is 0.406 e. The van der Waals surface area contributed by atoms with Crippen molar-refractivity contribution in [3.63, 3.8) is 0 Å². The lowest BCUT2D eigenvalue weighted by Crippen LogP contribution is -2.68. The van der Waals surface area contributed by atoms with Crippen LogP contribution in [0.2, 0.25) is 0 Å². The highest BCUT2D eigenvalue weighted by atomic mass is 32.2. The number of benzene rings is 2. The number of hydrogen-bond acceptors (Lipinski definition) is 7. The van der Waals surface area contributed by atoms with E-state index in [0.717, 1.165) is 63.9 Å². The quantitative estimate of drug-likeness (QED) is 0.297. The van der Waals surface area contributed by atoms with Gasteiger partial charge >= 0.3 is 6.18 Å². The molecule has 0 unspecified atom stereocenters. The van der Waals surface area contributed by atoms with Crippen LogP contribution in [0, 0.1) is 17.3 Å². The van der Waals surface area contributed by atoms with Gasteiger partial charge in [-0.1, -0.05) is 12.0 Å². The molecule has 8 nitrogen and oxygen atoms in total. The molecule has 0 bridgehead atoms. The Morgan fingerprint density at radius 2 is 1.82 bits per heavy atom. The molecule has 1 spiro atoms. The number of nitrogens with zero attached hydrogens (tertiary/aromatic N) is 2. The number of fused-ring (bicyclic) bond motifs is 1. The van der Waals surface area contributed by atoms with E-state index in [1.54, 1.807) is 31.2 Å². The van der Waals surface area contributed by atoms with Crippen LogP contribution < -0.4 is 15.4 Å². The minimum atomic E-state index is -4.42. The number of likely N-dealkylation sites (tertiary alicyclic amines) is 1. The number of ether oxygens (including phenoxy) is 2. The van der Waals surface area contributed by atoms with E-state index in [-0.39, 0.29) is 23.2 Å². The van der Waals surface area contributed by atoms with Crippen molar-refractivity contribution in [2.45, 2.75) is 62.3 Å². The molecular weight excluding hydrogens is 605 g/mol. The fraction of sp³-hybridized carbons (Fsp3) is 0.515. The summed E-state index contributed by atoms with van der Waals surface area (Å²) in [6.07, 6.45) is 0.930. The summed E-state index contributed by atoms with van der Waals surface area (Å²) in [6.45, 7) is 5.12. The molecule has 6 rings (SSSR count). The Morgan fingerprint density at radius 3 is 2.47 bits per heavy atom. The smallest absolute Gasteiger partial charge is 0.406 e. The molecule has 1 aromatic heterocycles. The van der Waals surface area contributed by atoms with Crippen molar-refractivity contribution in [1.82, 2.24) is 9.47 Å². The topological polar surface area (TPSA) is 84.8 Å². The summed E-state index contributed by atoms with van der Waals surface area (Å²) in [5.74, 6) is 6.23. The molecule has 1 saturated carbocycles. The fourth-order valence-electron chi connectivity index (χ4n) is 6.74. The molecule has 0 atom stereocenters. The Kier molecular flexibility index (Phi) is 8.71. The molecule has 3 heterocycles. The van der Waals surface area contributed by atoms with Crippen molar-refractivity contribution in [3.8, 4) is 17.6 Å². The van der Waals surface area contributed by atoms with Gasteiger partial charge in [-0.15, -0.1) is 0 Å². The highest BCUT2D eigenvalue weighted by Crippen LogP contribution is 2.41. The van der Waals surface area contributed by atoms with Gasteiger partial charge in [-0.3, -0.25) is 4.90 Å². The maximum atomic E-state index is 13.7. The molecule has 2 aromatic carbocycles. The molecule has 2 N–H and O–H groups in total. The summed E-state index contributed by atoms with van der Waals surface area (Å²) in [5, 5.41) is 7.44. The molecule has 1 aliphatic carbocycles. The zero-order valence-electron chi connectivity index (χ0n) is 25.5. The number of nitrogens with one attached hydrogen (secondary N) is 2. The summed E-state index contributed by atoms with van der Waals surface area (Å²) in [5.41, 5.74) is 2.52. The lowest BCUT2D eigenvalue weighted by atomic mass is 9.75. The lowest BCUT2D eigenvalue weighted by molar-refractivity contribution is -0.200. The zero-order valence-corrected chi connectivity index (χ0v) is 26.4. The lowest BCUT2D eigenvalue weighted by Gasteiger charge is -2.58. The Balaban J connectivity index is 1.16. The summed E-state index contributed by atoms with van der Waals surface area (Å²) in [7, 11) is -3.42. The van der Waals surface area contributed by atoms with Gasteiger partial charge in [-0.2, -0.15) is 13.2 Å². The average molecular weight is 645 g/mol. The zero-order chi connectivity index (χ0) is 31.8. The summed E-state index contributed by atoms with van der Waals surface area (Å²) in [4.78, 5) is 2.71. The highest BCUT2D eigenvalue weighted by molar-refractivity contribution is 7.90. The first-order chi connectivity index (χ1) is 21.4. The third-order valence-electron chi connectivity index (χ3n) is 9.01. The van der Waals surface area contributed by atoms with E-state index in [0.29, 0.717) is 40.4 Å². The number of halogens is 3. The SMILES string of the molecule is CCOc1cc(S(C)(=O)=O)ccc1NCC#Cc1cc2c(NC3CCC(N4CC5(COC5)C4)CC3)cccc2n1CC(F)(F)F. The van der Waals surface area contributed by atoms with Gasteiger partial charge in [0, 0.05) is 54.0 Å². The molecule has 242 valence electrons. The molecule has 0 amide bonds. The minimum absolute atomic E-state index is 0.116. The highest BCUT2D eigenvalue weighted by Gasteiger charge is 2.50. The number of aromatic nitrogens is 1. The van der Waals surface area contributed by atoms with Gasteiger partial charge in [0.05, 0.1) is 48.2 Å². The first-order valence-corrected chi connectivity index (χ1v) is 17.3. The van der Waals surface area contributed by atoms with Crippen molar-refractivity contribution in [2.75, 3.05) is 56.3 Å². The molecule has 3 aromatic rings. The molecule has 2 saturated heterocycles. The summed E-state index contributed by atoms with van der Waals surface area (Å²) in [6, 6.07) is 12.5. The Labute approximate surface area is 262 Å². The average Bonchev–Trinajstić information content (AvgIpc) is 3.27. The first-order valence-electron chi connectivity index (χ1n) is 15.4. The van der Waals surface area contributed by atoms with E-state index < -0.39 is 22.6 Å². The monoisotopic (exact) mass is 644 g/mol. The molecule has 3 fully saturated rings. The maximum absolute atomic E-state index is 13.7. The van der Waals surface area contributed by atoms with Crippen molar-refractivity contribution in [1.29, 1.82) is 0 Å². The second kappa shape index (κ2) is 12.4. The third-order valence-corrected chi connectivity index (χ3v) is 10.1. The van der Waals surface area contributed by atoms with Crippen LogP contribution in [0.25, 0.3) is 10.9 Å². The molecular formula is C33H39F3N4O4S. The van der Waals surface area contributed by atoms with E-state index in [1.807, 2.05) is 6.07 Å². The van der Waals surface area contributed by atoms with E-state index >= 15 is 0 Å². The van der Waals surface area contributed by atoms with Crippen LogP contribution in [-0.2, 0) is 21.1 Å². The van der Waals surface area contributed by atoms with E-state index in [2.05, 4.69) is 27.4 Å². The summed E-state index contributed by atoms with van der Waals surface area (Å²) < 4.78 is 77.2. The normalized spacial score (nSPS) is 21.4. The summed E-state index contributed by atoms with van der Waals surface area (Å²) >= 11 is 0. The van der Waals surface area contributed by atoms with E-state index in [1.165, 1.54) is 16.7 Å². The number of anilines is 2. The number of rotatable bonds is 9. The largest absolute Gasteiger partial charge is 0.492 e. The van der Waals surface area contributed by atoms with Gasteiger partial charge in [-0.05, 0) is 68.9 Å². The Morgan fingerprint density at radius 1 is 1.07 bits per heavy atom. The van der Waals surface area contributed by atoms with Crippen LogP contribution in [0.3, 0.4) is 0 Å². The van der Waals surface area contributed by atoms with E-state index in [4.69, 9.17) is 9.47 Å². The van der Waals surface area contributed by atoms with Crippen LogP contribution in [0.15, 0.2) is 47.4 Å². The molecule has 3 aliphatic rings. The van der Waals surface area contributed by atoms with E-state index in [9.17, 15) is 21.6 Å². The van der Waals surface area contributed by atoms with Gasteiger partial charge in [0.1, 0.15) is 12.3 Å². The van der Waals surface area contributed by atoms with Gasteiger partial charge in [-0.25, -0.2) is 8.42 Å². The van der Waals surface area contributed by atoms with Gasteiger partial charge < -0.3 is 24.7 Å². The van der Waals surface area contributed by atoms with Crippen molar-refractivity contribution >= 4 is 32.1 Å².